The summed E-state index contributed by atoms with van der Waals surface area (Å²) in [6.07, 6.45) is 1.55. The highest BCUT2D eigenvalue weighted by Crippen LogP contribution is 2.36. The van der Waals surface area contributed by atoms with E-state index >= 15 is 0 Å². The van der Waals surface area contributed by atoms with Gasteiger partial charge in [-0.3, -0.25) is 0 Å². The normalized spacial score (nSPS) is 14.1. The predicted octanol–water partition coefficient (Wildman–Crippen LogP) is 2.00. The van der Waals surface area contributed by atoms with Crippen LogP contribution in [0, 0.1) is 0 Å². The Balaban J connectivity index is 2.22. The molecule has 1 heterocycles. The van der Waals surface area contributed by atoms with Gasteiger partial charge < -0.3 is 10.5 Å². The average molecular weight is 278 g/mol. The number of hydrogen-bond acceptors (Lipinski definition) is 5. The van der Waals surface area contributed by atoms with E-state index < -0.39 is 0 Å². The summed E-state index contributed by atoms with van der Waals surface area (Å²) in [6, 6.07) is 7.98. The minimum absolute atomic E-state index is 0.00935. The highest BCUT2D eigenvalue weighted by molar-refractivity contribution is 7.99. The molecule has 2 N–H and O–H groups in total. The van der Waals surface area contributed by atoms with Crippen molar-refractivity contribution >= 4 is 11.8 Å². The van der Waals surface area contributed by atoms with Gasteiger partial charge >= 0.3 is 0 Å². The lowest BCUT2D eigenvalue weighted by Gasteiger charge is -2.20. The highest BCUT2D eigenvalue weighted by atomic mass is 32.2. The van der Waals surface area contributed by atoms with Crippen molar-refractivity contribution in [3.8, 4) is 5.75 Å². The van der Waals surface area contributed by atoms with E-state index in [0.717, 1.165) is 16.5 Å². The van der Waals surface area contributed by atoms with Gasteiger partial charge in [-0.1, -0.05) is 23.9 Å². The lowest BCUT2D eigenvalue weighted by molar-refractivity contribution is 0.414. The third kappa shape index (κ3) is 3.27. The van der Waals surface area contributed by atoms with Crippen molar-refractivity contribution in [1.29, 1.82) is 0 Å². The van der Waals surface area contributed by atoms with Crippen molar-refractivity contribution in [2.24, 2.45) is 12.8 Å². The summed E-state index contributed by atoms with van der Waals surface area (Å²) < 4.78 is 6.92. The quantitative estimate of drug-likeness (QED) is 0.847. The zero-order valence-electron chi connectivity index (χ0n) is 11.3. The Morgan fingerprint density at radius 3 is 2.47 bits per heavy atom. The first-order valence-corrected chi connectivity index (χ1v) is 6.90. The molecule has 0 aliphatic heterocycles. The molecule has 1 aromatic heterocycles. The zero-order chi connectivity index (χ0) is 13.8. The van der Waals surface area contributed by atoms with Crippen LogP contribution in [0.25, 0.3) is 0 Å². The molecular formula is C13H18N4OS. The van der Waals surface area contributed by atoms with Crippen LogP contribution in [0.3, 0.4) is 0 Å². The van der Waals surface area contributed by atoms with E-state index in [0.29, 0.717) is 0 Å². The van der Waals surface area contributed by atoms with Crippen molar-refractivity contribution in [2.75, 3.05) is 7.11 Å². The van der Waals surface area contributed by atoms with Crippen LogP contribution in [-0.2, 0) is 7.05 Å². The Hall–Kier alpha value is -1.53. The van der Waals surface area contributed by atoms with Crippen molar-refractivity contribution in [2.45, 2.75) is 23.4 Å². The van der Waals surface area contributed by atoms with Crippen molar-refractivity contribution in [3.63, 3.8) is 0 Å². The first-order chi connectivity index (χ1) is 9.11. The lowest BCUT2D eigenvalue weighted by Crippen LogP contribution is -2.23. The molecule has 0 saturated heterocycles. The number of nitrogens with two attached hydrogens (primary N) is 1. The molecular weight excluding hydrogens is 260 g/mol. The first-order valence-electron chi connectivity index (χ1n) is 6.02. The fraction of sp³-hybridized carbons (Fsp3) is 0.385. The van der Waals surface area contributed by atoms with Gasteiger partial charge in [-0.15, -0.1) is 0 Å². The second-order valence-corrected chi connectivity index (χ2v) is 5.45. The number of thioether (sulfide) groups is 1. The standard InChI is InChI=1S/C13H18N4OS/c1-9(14)12(19-13-15-8-16-17(13)2)10-4-6-11(18-3)7-5-10/h4-9,12H,14H2,1-3H3. The predicted molar refractivity (Wildman–Crippen MR) is 76.2 cm³/mol. The molecule has 5 nitrogen and oxygen atoms in total. The molecule has 0 aliphatic rings. The van der Waals surface area contributed by atoms with Crippen molar-refractivity contribution in [1.82, 2.24) is 14.8 Å². The van der Waals surface area contributed by atoms with Gasteiger partial charge in [-0.2, -0.15) is 5.10 Å². The summed E-state index contributed by atoms with van der Waals surface area (Å²) in [4.78, 5) is 4.23. The number of hydrogen-bond donors (Lipinski definition) is 1. The van der Waals surface area contributed by atoms with Crippen molar-refractivity contribution < 1.29 is 4.74 Å². The number of ether oxygens (including phenoxy) is 1. The van der Waals surface area contributed by atoms with Crippen LogP contribution in [0.4, 0.5) is 0 Å². The van der Waals surface area contributed by atoms with Crippen LogP contribution in [0.2, 0.25) is 0 Å². The molecule has 0 spiro atoms. The minimum atomic E-state index is 0.00935. The van der Waals surface area contributed by atoms with E-state index in [1.165, 1.54) is 0 Å². The van der Waals surface area contributed by atoms with E-state index in [-0.39, 0.29) is 11.3 Å². The van der Waals surface area contributed by atoms with Gasteiger partial charge in [0, 0.05) is 13.1 Å². The van der Waals surface area contributed by atoms with Gasteiger partial charge in [-0.25, -0.2) is 9.67 Å². The average Bonchev–Trinajstić information content (AvgIpc) is 2.81. The summed E-state index contributed by atoms with van der Waals surface area (Å²) in [7, 11) is 3.54. The molecule has 6 heteroatoms. The maximum atomic E-state index is 6.10. The Bertz CT molecular complexity index is 524. The van der Waals surface area contributed by atoms with Gasteiger partial charge in [0.25, 0.3) is 0 Å². The summed E-state index contributed by atoms with van der Waals surface area (Å²) in [5, 5.41) is 5.07. The third-order valence-corrected chi connectivity index (χ3v) is 4.36. The van der Waals surface area contributed by atoms with Gasteiger partial charge in [0.2, 0.25) is 0 Å². The van der Waals surface area contributed by atoms with Crippen LogP contribution in [0.5, 0.6) is 5.75 Å². The molecule has 2 unspecified atom stereocenters. The Morgan fingerprint density at radius 1 is 1.32 bits per heavy atom. The molecule has 19 heavy (non-hydrogen) atoms. The van der Waals surface area contributed by atoms with Crippen LogP contribution >= 0.6 is 11.8 Å². The topological polar surface area (TPSA) is 66.0 Å². The Kier molecular flexibility index (Phi) is 4.44. The smallest absolute Gasteiger partial charge is 0.186 e. The first kappa shape index (κ1) is 13.9. The van der Waals surface area contributed by atoms with Crippen LogP contribution < -0.4 is 10.5 Å². The third-order valence-electron chi connectivity index (χ3n) is 2.82. The maximum absolute atomic E-state index is 6.10. The fourth-order valence-corrected chi connectivity index (χ4v) is 2.82. The summed E-state index contributed by atoms with van der Waals surface area (Å²) in [5.74, 6) is 0.843. The van der Waals surface area contributed by atoms with E-state index in [1.54, 1.807) is 29.9 Å². The molecule has 2 rings (SSSR count). The van der Waals surface area contributed by atoms with Gasteiger partial charge in [0.05, 0.1) is 12.4 Å². The molecule has 102 valence electrons. The molecule has 0 bridgehead atoms. The Labute approximate surface area is 117 Å². The number of rotatable bonds is 5. The zero-order valence-corrected chi connectivity index (χ0v) is 12.1. The number of benzene rings is 1. The molecule has 0 fully saturated rings. The number of aromatic nitrogens is 3. The van der Waals surface area contributed by atoms with Gasteiger partial charge in [-0.05, 0) is 24.6 Å². The molecule has 0 saturated carbocycles. The van der Waals surface area contributed by atoms with Gasteiger partial charge in [0.15, 0.2) is 5.16 Å². The monoisotopic (exact) mass is 278 g/mol. The molecule has 0 radical (unpaired) electrons. The Morgan fingerprint density at radius 2 is 2.00 bits per heavy atom. The fourth-order valence-electron chi connectivity index (χ4n) is 1.78. The summed E-state index contributed by atoms with van der Waals surface area (Å²) in [5.41, 5.74) is 7.25. The largest absolute Gasteiger partial charge is 0.497 e. The SMILES string of the molecule is COc1ccc(C(Sc2ncnn2C)C(C)N)cc1. The molecule has 1 aromatic carbocycles. The molecule has 0 aliphatic carbocycles. The van der Waals surface area contributed by atoms with E-state index in [1.807, 2.05) is 38.2 Å². The molecule has 2 aromatic rings. The van der Waals surface area contributed by atoms with E-state index in [9.17, 15) is 0 Å². The number of methoxy groups -OCH3 is 1. The minimum Gasteiger partial charge on any atom is -0.497 e. The molecule has 0 amide bonds. The van der Waals surface area contributed by atoms with Crippen LogP contribution in [-0.4, -0.2) is 27.9 Å². The van der Waals surface area contributed by atoms with Crippen LogP contribution in [0.1, 0.15) is 17.7 Å². The van der Waals surface area contributed by atoms with Crippen LogP contribution in [0.15, 0.2) is 35.7 Å². The van der Waals surface area contributed by atoms with Crippen molar-refractivity contribution in [3.05, 3.63) is 36.2 Å². The molecule has 2 atom stereocenters. The van der Waals surface area contributed by atoms with Gasteiger partial charge in [0.1, 0.15) is 12.1 Å². The number of aryl methyl sites for hydroxylation is 1. The second kappa shape index (κ2) is 6.08. The highest BCUT2D eigenvalue weighted by Gasteiger charge is 2.20. The van der Waals surface area contributed by atoms with E-state index in [4.69, 9.17) is 10.5 Å². The lowest BCUT2D eigenvalue weighted by atomic mass is 10.1. The number of nitrogens with zero attached hydrogens (tertiary/aromatic N) is 3. The maximum Gasteiger partial charge on any atom is 0.186 e. The summed E-state index contributed by atoms with van der Waals surface area (Å²) in [6.45, 7) is 2.00. The second-order valence-electron chi connectivity index (χ2n) is 4.34. The van der Waals surface area contributed by atoms with E-state index in [2.05, 4.69) is 10.1 Å². The summed E-state index contributed by atoms with van der Waals surface area (Å²) >= 11 is 1.62.